The molecule has 24 heavy (non-hydrogen) atoms. The number of amides is 2. The fourth-order valence-electron chi connectivity index (χ4n) is 3.26. The van der Waals surface area contributed by atoms with Crippen molar-refractivity contribution in [3.05, 3.63) is 24.3 Å². The zero-order valence-corrected chi connectivity index (χ0v) is 14.7. The van der Waals surface area contributed by atoms with Crippen LogP contribution in [-0.4, -0.2) is 49.8 Å². The van der Waals surface area contributed by atoms with E-state index in [9.17, 15) is 13.2 Å². The number of piperidine rings is 2. The minimum Gasteiger partial charge on any atom is -0.325 e. The maximum atomic E-state index is 12.6. The Morgan fingerprint density at radius 1 is 0.833 bits per heavy atom. The lowest BCUT2D eigenvalue weighted by Crippen LogP contribution is -2.38. The van der Waals surface area contributed by atoms with Gasteiger partial charge < -0.3 is 10.2 Å². The van der Waals surface area contributed by atoms with Crippen LogP contribution in [0.3, 0.4) is 0 Å². The third-order valence-electron chi connectivity index (χ3n) is 4.70. The summed E-state index contributed by atoms with van der Waals surface area (Å²) in [4.78, 5) is 14.3. The summed E-state index contributed by atoms with van der Waals surface area (Å²) >= 11 is 0. The van der Waals surface area contributed by atoms with E-state index >= 15 is 0 Å². The molecule has 0 atom stereocenters. The monoisotopic (exact) mass is 351 g/mol. The van der Waals surface area contributed by atoms with Crippen molar-refractivity contribution in [1.82, 2.24) is 9.21 Å². The first-order valence-corrected chi connectivity index (χ1v) is 10.2. The molecule has 132 valence electrons. The van der Waals surface area contributed by atoms with Gasteiger partial charge in [-0.3, -0.25) is 0 Å². The number of rotatable bonds is 3. The van der Waals surface area contributed by atoms with E-state index in [0.29, 0.717) is 23.7 Å². The molecule has 7 heteroatoms. The predicted molar refractivity (Wildman–Crippen MR) is 93.5 cm³/mol. The van der Waals surface area contributed by atoms with Crippen LogP contribution in [0.25, 0.3) is 0 Å². The van der Waals surface area contributed by atoms with Crippen molar-refractivity contribution in [2.75, 3.05) is 31.5 Å². The Bertz CT molecular complexity index is 661. The molecule has 2 amide bonds. The van der Waals surface area contributed by atoms with E-state index in [1.54, 1.807) is 28.6 Å². The van der Waals surface area contributed by atoms with Crippen molar-refractivity contribution in [2.45, 2.75) is 43.4 Å². The Morgan fingerprint density at radius 2 is 1.38 bits per heavy atom. The van der Waals surface area contributed by atoms with Crippen LogP contribution in [0.2, 0.25) is 0 Å². The van der Waals surface area contributed by atoms with Crippen LogP contribution < -0.4 is 5.32 Å². The highest BCUT2D eigenvalue weighted by molar-refractivity contribution is 7.89. The van der Waals surface area contributed by atoms with Crippen molar-refractivity contribution in [1.29, 1.82) is 0 Å². The van der Waals surface area contributed by atoms with Gasteiger partial charge in [0.2, 0.25) is 10.0 Å². The van der Waals surface area contributed by atoms with Gasteiger partial charge in [-0.15, -0.1) is 0 Å². The molecule has 0 aliphatic carbocycles. The van der Waals surface area contributed by atoms with E-state index in [1.807, 2.05) is 4.90 Å². The SMILES string of the molecule is O=C(Nc1ccc(S(=O)(=O)N2CCCCC2)cc1)N1CCCCC1. The Balaban J connectivity index is 1.65. The summed E-state index contributed by atoms with van der Waals surface area (Å²) in [6, 6.07) is 6.38. The Hall–Kier alpha value is -1.60. The van der Waals surface area contributed by atoms with Crippen LogP contribution in [0.5, 0.6) is 0 Å². The summed E-state index contributed by atoms with van der Waals surface area (Å²) in [5, 5.41) is 2.85. The van der Waals surface area contributed by atoms with Crippen LogP contribution in [0, 0.1) is 0 Å². The summed E-state index contributed by atoms with van der Waals surface area (Å²) in [6.07, 6.45) is 6.19. The fraction of sp³-hybridized carbons (Fsp3) is 0.588. The molecule has 0 aromatic heterocycles. The molecule has 0 unspecified atom stereocenters. The number of benzene rings is 1. The van der Waals surface area contributed by atoms with E-state index < -0.39 is 10.0 Å². The molecule has 0 radical (unpaired) electrons. The number of hydrogen-bond donors (Lipinski definition) is 1. The molecule has 0 saturated carbocycles. The van der Waals surface area contributed by atoms with Gasteiger partial charge in [0, 0.05) is 31.9 Å². The van der Waals surface area contributed by atoms with Crippen molar-refractivity contribution in [3.8, 4) is 0 Å². The molecular weight excluding hydrogens is 326 g/mol. The van der Waals surface area contributed by atoms with Crippen LogP contribution in [0.1, 0.15) is 38.5 Å². The van der Waals surface area contributed by atoms with E-state index in [0.717, 1.165) is 45.2 Å². The lowest BCUT2D eigenvalue weighted by Gasteiger charge is -2.27. The van der Waals surface area contributed by atoms with Crippen LogP contribution >= 0.6 is 0 Å². The Labute approximate surface area is 143 Å². The summed E-state index contributed by atoms with van der Waals surface area (Å²) in [7, 11) is -3.42. The lowest BCUT2D eigenvalue weighted by molar-refractivity contribution is 0.200. The van der Waals surface area contributed by atoms with Gasteiger partial charge in [-0.05, 0) is 56.4 Å². The highest BCUT2D eigenvalue weighted by Gasteiger charge is 2.25. The molecule has 2 heterocycles. The van der Waals surface area contributed by atoms with Crippen molar-refractivity contribution in [2.24, 2.45) is 0 Å². The summed E-state index contributed by atoms with van der Waals surface area (Å²) < 4.78 is 26.8. The first-order valence-electron chi connectivity index (χ1n) is 8.73. The third kappa shape index (κ3) is 3.89. The smallest absolute Gasteiger partial charge is 0.321 e. The number of nitrogens with one attached hydrogen (secondary N) is 1. The highest BCUT2D eigenvalue weighted by atomic mass is 32.2. The quantitative estimate of drug-likeness (QED) is 0.910. The largest absolute Gasteiger partial charge is 0.325 e. The van der Waals surface area contributed by atoms with Gasteiger partial charge in [0.1, 0.15) is 0 Å². The number of urea groups is 1. The molecule has 3 rings (SSSR count). The molecule has 1 aromatic rings. The zero-order chi connectivity index (χ0) is 17.0. The van der Waals surface area contributed by atoms with Gasteiger partial charge in [0.15, 0.2) is 0 Å². The first kappa shape index (κ1) is 17.2. The Kier molecular flexibility index (Phi) is 5.40. The second kappa shape index (κ2) is 7.53. The van der Waals surface area contributed by atoms with Crippen molar-refractivity contribution < 1.29 is 13.2 Å². The average Bonchev–Trinajstić information content (AvgIpc) is 2.63. The molecule has 2 aliphatic heterocycles. The van der Waals surface area contributed by atoms with Crippen molar-refractivity contribution in [3.63, 3.8) is 0 Å². The van der Waals surface area contributed by atoms with Crippen molar-refractivity contribution >= 4 is 21.7 Å². The van der Waals surface area contributed by atoms with E-state index in [4.69, 9.17) is 0 Å². The number of carbonyl (C=O) groups is 1. The molecule has 6 nitrogen and oxygen atoms in total. The van der Waals surface area contributed by atoms with Gasteiger partial charge in [0.25, 0.3) is 0 Å². The van der Waals surface area contributed by atoms with E-state index in [2.05, 4.69) is 5.32 Å². The summed E-state index contributed by atoms with van der Waals surface area (Å²) in [5.74, 6) is 0. The molecule has 1 aromatic carbocycles. The highest BCUT2D eigenvalue weighted by Crippen LogP contribution is 2.22. The normalized spacial score (nSPS) is 19.9. The molecule has 1 N–H and O–H groups in total. The molecule has 2 fully saturated rings. The third-order valence-corrected chi connectivity index (χ3v) is 6.61. The van der Waals surface area contributed by atoms with E-state index in [-0.39, 0.29) is 6.03 Å². The number of carbonyl (C=O) groups excluding carboxylic acids is 1. The number of nitrogens with zero attached hydrogens (tertiary/aromatic N) is 2. The average molecular weight is 351 g/mol. The molecule has 0 bridgehead atoms. The predicted octanol–water partition coefficient (Wildman–Crippen LogP) is 2.88. The minimum absolute atomic E-state index is 0.110. The van der Waals surface area contributed by atoms with Gasteiger partial charge in [0.05, 0.1) is 4.90 Å². The van der Waals surface area contributed by atoms with Crippen LogP contribution in [-0.2, 0) is 10.0 Å². The maximum Gasteiger partial charge on any atom is 0.321 e. The number of sulfonamides is 1. The lowest BCUT2D eigenvalue weighted by atomic mass is 10.1. The number of hydrogen-bond acceptors (Lipinski definition) is 3. The second-order valence-electron chi connectivity index (χ2n) is 6.47. The van der Waals surface area contributed by atoms with Crippen LogP contribution in [0.15, 0.2) is 29.2 Å². The molecule has 0 spiro atoms. The Morgan fingerprint density at radius 3 is 1.96 bits per heavy atom. The van der Waals surface area contributed by atoms with Gasteiger partial charge in [-0.25, -0.2) is 13.2 Å². The summed E-state index contributed by atoms with van der Waals surface area (Å²) in [5.41, 5.74) is 0.628. The standard InChI is InChI=1S/C17H25N3O3S/c21-17(19-11-3-1-4-12-19)18-15-7-9-16(10-8-15)24(22,23)20-13-5-2-6-14-20/h7-10H,1-6,11-14H2,(H,18,21). The van der Waals surface area contributed by atoms with Crippen LogP contribution in [0.4, 0.5) is 10.5 Å². The second-order valence-corrected chi connectivity index (χ2v) is 8.40. The molecular formula is C17H25N3O3S. The maximum absolute atomic E-state index is 12.6. The first-order chi connectivity index (χ1) is 11.6. The zero-order valence-electron chi connectivity index (χ0n) is 13.9. The van der Waals surface area contributed by atoms with Gasteiger partial charge >= 0.3 is 6.03 Å². The van der Waals surface area contributed by atoms with E-state index in [1.165, 1.54) is 6.42 Å². The molecule has 2 saturated heterocycles. The number of anilines is 1. The number of likely N-dealkylation sites (tertiary alicyclic amines) is 1. The topological polar surface area (TPSA) is 69.7 Å². The molecule has 2 aliphatic rings. The summed E-state index contributed by atoms with van der Waals surface area (Å²) in [6.45, 7) is 2.76. The minimum atomic E-state index is -3.42. The fourth-order valence-corrected chi connectivity index (χ4v) is 4.78. The van der Waals surface area contributed by atoms with Gasteiger partial charge in [-0.1, -0.05) is 6.42 Å². The van der Waals surface area contributed by atoms with Gasteiger partial charge in [-0.2, -0.15) is 4.31 Å².